The molecule has 0 bridgehead atoms. The Balaban J connectivity index is 1.31. The molecular weight excluding hydrogens is 414 g/mol. The number of aryl methyl sites for hydroxylation is 1. The van der Waals surface area contributed by atoms with Crippen molar-refractivity contribution in [3.63, 3.8) is 0 Å². The quantitative estimate of drug-likeness (QED) is 0.668. The van der Waals surface area contributed by atoms with Crippen molar-refractivity contribution in [1.82, 2.24) is 24.4 Å². The van der Waals surface area contributed by atoms with Gasteiger partial charge in [0.05, 0.1) is 23.0 Å². The van der Waals surface area contributed by atoms with Gasteiger partial charge in [-0.05, 0) is 44.7 Å². The van der Waals surface area contributed by atoms with Gasteiger partial charge in [-0.15, -0.1) is 0 Å². The van der Waals surface area contributed by atoms with Crippen molar-refractivity contribution in [1.29, 1.82) is 0 Å². The fourth-order valence-electron chi connectivity index (χ4n) is 5.97. The largest absolute Gasteiger partial charge is 0.330 e. The number of nitrogens with zero attached hydrogens (tertiary/aromatic N) is 4. The average Bonchev–Trinajstić information content (AvgIpc) is 3.59. The van der Waals surface area contributed by atoms with Gasteiger partial charge in [0, 0.05) is 43.7 Å². The Morgan fingerprint density at radius 2 is 1.85 bits per heavy atom. The number of carbonyl (C=O) groups is 1. The third-order valence-electron chi connectivity index (χ3n) is 7.82. The van der Waals surface area contributed by atoms with Crippen molar-refractivity contribution in [3.05, 3.63) is 68.8 Å². The van der Waals surface area contributed by atoms with Gasteiger partial charge in [-0.25, -0.2) is 9.50 Å². The van der Waals surface area contributed by atoms with Crippen LogP contribution >= 0.6 is 0 Å². The molecule has 4 heterocycles. The highest BCUT2D eigenvalue weighted by Gasteiger charge is 2.33. The van der Waals surface area contributed by atoms with Gasteiger partial charge in [-0.1, -0.05) is 30.5 Å². The van der Waals surface area contributed by atoms with Gasteiger partial charge in [0.15, 0.2) is 5.65 Å². The van der Waals surface area contributed by atoms with Gasteiger partial charge in [0.25, 0.3) is 11.5 Å². The molecule has 0 spiro atoms. The molecule has 0 unspecified atom stereocenters. The highest BCUT2D eigenvalue weighted by atomic mass is 16.2. The Morgan fingerprint density at radius 1 is 1.06 bits per heavy atom. The normalized spacial score (nSPS) is 21.7. The van der Waals surface area contributed by atoms with E-state index in [1.165, 1.54) is 25.7 Å². The molecule has 2 aromatic heterocycles. The maximum Gasteiger partial charge on any atom is 0.277 e. The molecule has 1 atom stereocenters. The number of hydrogen-bond donors (Lipinski definition) is 1. The van der Waals surface area contributed by atoms with Crippen molar-refractivity contribution < 1.29 is 4.79 Å². The summed E-state index contributed by atoms with van der Waals surface area (Å²) in [4.78, 5) is 35.9. The lowest BCUT2D eigenvalue weighted by atomic mass is 10.0. The number of amides is 1. The molecule has 33 heavy (non-hydrogen) atoms. The smallest absolute Gasteiger partial charge is 0.277 e. The van der Waals surface area contributed by atoms with Crippen LogP contribution in [0.3, 0.4) is 0 Å². The Hall–Kier alpha value is -2.93. The number of benzene rings is 1. The van der Waals surface area contributed by atoms with Crippen molar-refractivity contribution in [2.45, 2.75) is 70.5 Å². The molecule has 3 aliphatic rings. The molecule has 3 aromatic rings. The molecule has 2 aliphatic heterocycles. The highest BCUT2D eigenvalue weighted by molar-refractivity contribution is 5.94. The summed E-state index contributed by atoms with van der Waals surface area (Å²) in [5.41, 5.74) is 5.20. The Kier molecular flexibility index (Phi) is 5.09. The number of hydrogen-bond acceptors (Lipinski definition) is 4. The van der Waals surface area contributed by atoms with Gasteiger partial charge in [0.2, 0.25) is 0 Å². The second-order valence-electron chi connectivity index (χ2n) is 9.93. The summed E-state index contributed by atoms with van der Waals surface area (Å²) < 4.78 is 1.60. The number of rotatable bonds is 3. The van der Waals surface area contributed by atoms with Gasteiger partial charge >= 0.3 is 0 Å². The van der Waals surface area contributed by atoms with Gasteiger partial charge < -0.3 is 4.90 Å². The highest BCUT2D eigenvalue weighted by Crippen LogP contribution is 2.33. The van der Waals surface area contributed by atoms with Crippen molar-refractivity contribution >= 4 is 11.6 Å². The lowest BCUT2D eigenvalue weighted by molar-refractivity contribution is 0.0732. The number of aromatic amines is 1. The SMILES string of the molecule is Cc1ccc(C(=O)N2CCC[C@@H]2c2cc3nc4c(c(=O)n3[nH]2)CN(C2CCCC2)CC4)cc1. The molecule has 1 aromatic carbocycles. The van der Waals surface area contributed by atoms with E-state index in [0.717, 1.165) is 54.9 Å². The third-order valence-corrected chi connectivity index (χ3v) is 7.82. The van der Waals surface area contributed by atoms with Crippen molar-refractivity contribution in [3.8, 4) is 0 Å². The van der Waals surface area contributed by atoms with E-state index >= 15 is 0 Å². The zero-order valence-electron chi connectivity index (χ0n) is 19.2. The van der Waals surface area contributed by atoms with Crippen LogP contribution in [0.15, 0.2) is 35.1 Å². The average molecular weight is 446 g/mol. The van der Waals surface area contributed by atoms with Crippen molar-refractivity contribution in [2.75, 3.05) is 13.1 Å². The topological polar surface area (TPSA) is 73.7 Å². The monoisotopic (exact) mass is 445 g/mol. The van der Waals surface area contributed by atoms with Gasteiger partial charge in [0.1, 0.15) is 0 Å². The minimum atomic E-state index is -0.0630. The molecule has 2 fully saturated rings. The van der Waals surface area contributed by atoms with Crippen LogP contribution < -0.4 is 5.56 Å². The number of fused-ring (bicyclic) bond motifs is 2. The molecule has 172 valence electrons. The van der Waals surface area contributed by atoms with Crippen LogP contribution in [0.1, 0.15) is 77.4 Å². The van der Waals surface area contributed by atoms with Gasteiger partial charge in [-0.3, -0.25) is 19.6 Å². The van der Waals surface area contributed by atoms with E-state index < -0.39 is 0 Å². The summed E-state index contributed by atoms with van der Waals surface area (Å²) in [5.74, 6) is 0.0444. The third kappa shape index (κ3) is 3.59. The maximum atomic E-state index is 13.4. The first-order chi connectivity index (χ1) is 16.1. The van der Waals surface area contributed by atoms with Crippen LogP contribution in [-0.2, 0) is 13.0 Å². The first-order valence-electron chi connectivity index (χ1n) is 12.3. The van der Waals surface area contributed by atoms with Crippen LogP contribution in [0.25, 0.3) is 5.65 Å². The van der Waals surface area contributed by atoms with E-state index in [1.807, 2.05) is 42.2 Å². The summed E-state index contributed by atoms with van der Waals surface area (Å²) in [5, 5.41) is 3.31. The summed E-state index contributed by atoms with van der Waals surface area (Å²) >= 11 is 0. The van der Waals surface area contributed by atoms with Crippen molar-refractivity contribution in [2.24, 2.45) is 0 Å². The molecule has 0 radical (unpaired) electrons. The number of carbonyl (C=O) groups excluding carboxylic acids is 1. The predicted molar refractivity (Wildman–Crippen MR) is 126 cm³/mol. The fourth-order valence-corrected chi connectivity index (χ4v) is 5.97. The minimum absolute atomic E-state index is 0.0124. The van der Waals surface area contributed by atoms with E-state index in [-0.39, 0.29) is 17.5 Å². The molecule has 7 heteroatoms. The number of aromatic nitrogens is 3. The summed E-state index contributed by atoms with van der Waals surface area (Å²) in [6.45, 7) is 4.43. The van der Waals surface area contributed by atoms with E-state index in [2.05, 4.69) is 10.00 Å². The Bertz CT molecular complexity index is 1250. The van der Waals surface area contributed by atoms with E-state index in [0.29, 0.717) is 23.8 Å². The predicted octanol–water partition coefficient (Wildman–Crippen LogP) is 3.61. The Labute approximate surface area is 193 Å². The van der Waals surface area contributed by atoms with Crippen LogP contribution in [0.4, 0.5) is 0 Å². The van der Waals surface area contributed by atoms with E-state index in [4.69, 9.17) is 4.98 Å². The first-order valence-corrected chi connectivity index (χ1v) is 12.3. The molecule has 7 nitrogen and oxygen atoms in total. The molecule has 1 saturated heterocycles. The minimum Gasteiger partial charge on any atom is -0.330 e. The Morgan fingerprint density at radius 3 is 2.64 bits per heavy atom. The fraction of sp³-hybridized carbons (Fsp3) is 0.500. The lowest BCUT2D eigenvalue weighted by Crippen LogP contribution is -2.41. The van der Waals surface area contributed by atoms with E-state index in [9.17, 15) is 9.59 Å². The van der Waals surface area contributed by atoms with Crippen LogP contribution in [0.5, 0.6) is 0 Å². The number of likely N-dealkylation sites (tertiary alicyclic amines) is 1. The molecule has 1 amide bonds. The second-order valence-corrected chi connectivity index (χ2v) is 9.93. The molecular formula is C26H31N5O2. The lowest BCUT2D eigenvalue weighted by Gasteiger charge is -2.32. The van der Waals surface area contributed by atoms with Crippen LogP contribution in [0, 0.1) is 6.92 Å². The van der Waals surface area contributed by atoms with E-state index in [1.54, 1.807) is 4.52 Å². The molecule has 1 saturated carbocycles. The second kappa shape index (κ2) is 8.13. The molecule has 6 rings (SSSR count). The molecule has 1 N–H and O–H groups in total. The van der Waals surface area contributed by atoms with Crippen LogP contribution in [-0.4, -0.2) is 49.4 Å². The number of H-pyrrole nitrogens is 1. The maximum absolute atomic E-state index is 13.4. The summed E-state index contributed by atoms with van der Waals surface area (Å²) in [6.07, 6.45) is 7.74. The van der Waals surface area contributed by atoms with Gasteiger partial charge in [-0.2, -0.15) is 0 Å². The zero-order valence-corrected chi connectivity index (χ0v) is 19.2. The summed E-state index contributed by atoms with van der Waals surface area (Å²) in [6, 6.07) is 10.3. The summed E-state index contributed by atoms with van der Waals surface area (Å²) in [7, 11) is 0. The van der Waals surface area contributed by atoms with Crippen LogP contribution in [0.2, 0.25) is 0 Å². The number of nitrogens with one attached hydrogen (secondary N) is 1. The standard InChI is InChI=1S/C26H31N5O2/c1-17-8-10-18(11-9-17)25(32)30-13-4-7-23(30)22-15-24-27-21-12-14-29(19-5-2-3-6-19)16-20(21)26(33)31(24)28-22/h8-11,15,19,23,28H,2-7,12-14,16H2,1H3/t23-/m1/s1. The zero-order chi connectivity index (χ0) is 22.5. The first kappa shape index (κ1) is 20.7. The molecule has 1 aliphatic carbocycles.